The van der Waals surface area contributed by atoms with Crippen molar-refractivity contribution < 1.29 is 14.2 Å². The number of likely N-dealkylation sites (tertiary alicyclic amines) is 1. The highest BCUT2D eigenvalue weighted by atomic mass is 16.5. The van der Waals surface area contributed by atoms with Gasteiger partial charge in [-0.15, -0.1) is 0 Å². The molecule has 2 aromatic rings. The van der Waals surface area contributed by atoms with E-state index in [-0.39, 0.29) is 11.5 Å². The van der Waals surface area contributed by atoms with E-state index >= 15 is 0 Å². The first-order valence-corrected chi connectivity index (χ1v) is 11.8. The molecule has 5 heteroatoms. The molecular weight excluding hydrogens is 388 g/mol. The van der Waals surface area contributed by atoms with Gasteiger partial charge < -0.3 is 24.0 Å². The van der Waals surface area contributed by atoms with Gasteiger partial charge in [0, 0.05) is 17.0 Å². The van der Waals surface area contributed by atoms with Crippen molar-refractivity contribution in [3.63, 3.8) is 0 Å². The Labute approximate surface area is 183 Å². The molecule has 3 heterocycles. The molecule has 1 saturated heterocycles. The molecule has 31 heavy (non-hydrogen) atoms. The fourth-order valence-corrected chi connectivity index (χ4v) is 7.72. The van der Waals surface area contributed by atoms with Gasteiger partial charge in [0.1, 0.15) is 18.5 Å². The van der Waals surface area contributed by atoms with Gasteiger partial charge in [0.25, 0.3) is 0 Å². The van der Waals surface area contributed by atoms with E-state index in [9.17, 15) is 0 Å². The summed E-state index contributed by atoms with van der Waals surface area (Å²) in [5.41, 5.74) is 4.29. The van der Waals surface area contributed by atoms with E-state index in [1.54, 1.807) is 7.11 Å². The summed E-state index contributed by atoms with van der Waals surface area (Å²) < 4.78 is 18.8. The Bertz CT molecular complexity index is 1050. The number of fused-ring (bicyclic) bond motifs is 1. The first-order valence-electron chi connectivity index (χ1n) is 11.8. The summed E-state index contributed by atoms with van der Waals surface area (Å²) in [5.74, 6) is 3.60. The van der Waals surface area contributed by atoms with Crippen LogP contribution in [0.2, 0.25) is 0 Å². The number of methoxy groups -OCH3 is 1. The zero-order valence-corrected chi connectivity index (χ0v) is 18.3. The second-order valence-electron chi connectivity index (χ2n) is 9.97. The van der Waals surface area contributed by atoms with E-state index in [1.165, 1.54) is 36.1 Å². The van der Waals surface area contributed by atoms with E-state index in [0.717, 1.165) is 43.4 Å². The summed E-state index contributed by atoms with van der Waals surface area (Å²) in [7, 11) is 4.09. The van der Waals surface area contributed by atoms with Crippen LogP contribution in [0.1, 0.15) is 30.4 Å². The average molecular weight is 419 g/mol. The molecule has 2 fully saturated rings. The third kappa shape index (κ3) is 2.20. The third-order valence-electron chi connectivity index (χ3n) is 8.93. The number of ether oxygens (including phenoxy) is 3. The molecule has 0 N–H and O–H groups in total. The molecule has 5 atom stereocenters. The molecule has 3 aliphatic heterocycles. The number of piperidine rings is 1. The van der Waals surface area contributed by atoms with Crippen molar-refractivity contribution >= 4 is 5.69 Å². The first kappa shape index (κ1) is 18.2. The second-order valence-corrected chi connectivity index (χ2v) is 9.97. The number of rotatable bonds is 2. The molecule has 5 nitrogen and oxygen atoms in total. The maximum Gasteiger partial charge on any atom is 0.165 e. The van der Waals surface area contributed by atoms with E-state index < -0.39 is 0 Å². The Kier molecular flexibility index (Phi) is 3.71. The Morgan fingerprint density at radius 1 is 1.06 bits per heavy atom. The number of para-hydroxylation sites is 2. The van der Waals surface area contributed by atoms with Crippen LogP contribution < -0.4 is 19.1 Å². The number of benzene rings is 2. The summed E-state index contributed by atoms with van der Waals surface area (Å²) in [6.07, 6.45) is 4.90. The van der Waals surface area contributed by atoms with Gasteiger partial charge in [0.05, 0.1) is 25.4 Å². The molecule has 2 aromatic carbocycles. The highest BCUT2D eigenvalue weighted by Crippen LogP contribution is 2.64. The molecule has 1 saturated carbocycles. The van der Waals surface area contributed by atoms with Crippen molar-refractivity contribution in [3.8, 4) is 17.2 Å². The van der Waals surface area contributed by atoms with Crippen molar-refractivity contribution in [2.24, 2.45) is 5.92 Å². The number of nitrogens with zero attached hydrogens (tertiary/aromatic N) is 2. The lowest BCUT2D eigenvalue weighted by Gasteiger charge is -2.60. The fraction of sp³-hybridized carbons (Fsp3) is 0.538. The van der Waals surface area contributed by atoms with Crippen LogP contribution in [0, 0.1) is 5.92 Å². The molecule has 7 rings (SSSR count). The third-order valence-corrected chi connectivity index (χ3v) is 8.93. The average Bonchev–Trinajstić information content (AvgIpc) is 3.16. The zero-order chi connectivity index (χ0) is 20.7. The molecular formula is C26H30N2O3. The summed E-state index contributed by atoms with van der Waals surface area (Å²) in [5, 5.41) is 0. The molecule has 5 aliphatic rings. The van der Waals surface area contributed by atoms with Gasteiger partial charge in [-0.1, -0.05) is 18.2 Å². The van der Waals surface area contributed by atoms with Gasteiger partial charge in [-0.25, -0.2) is 0 Å². The van der Waals surface area contributed by atoms with Crippen LogP contribution in [0.3, 0.4) is 0 Å². The van der Waals surface area contributed by atoms with Gasteiger partial charge in [-0.3, -0.25) is 0 Å². The van der Waals surface area contributed by atoms with E-state index in [4.69, 9.17) is 14.2 Å². The summed E-state index contributed by atoms with van der Waals surface area (Å²) in [6.45, 7) is 2.80. The fourth-order valence-electron chi connectivity index (χ4n) is 7.72. The quantitative estimate of drug-likeness (QED) is 0.744. The van der Waals surface area contributed by atoms with Crippen LogP contribution in [0.25, 0.3) is 0 Å². The number of likely N-dealkylation sites (N-methyl/N-ethyl adjacent to an activating group) is 1. The topological polar surface area (TPSA) is 34.2 Å². The van der Waals surface area contributed by atoms with Crippen molar-refractivity contribution in [3.05, 3.63) is 47.5 Å². The molecule has 0 aromatic heterocycles. The predicted octanol–water partition coefficient (Wildman–Crippen LogP) is 3.63. The molecule has 1 spiro atoms. The van der Waals surface area contributed by atoms with Gasteiger partial charge in [-0.2, -0.15) is 0 Å². The van der Waals surface area contributed by atoms with Crippen LogP contribution in [-0.2, 0) is 11.8 Å². The molecule has 2 bridgehead atoms. The van der Waals surface area contributed by atoms with Crippen LogP contribution in [-0.4, -0.2) is 56.9 Å². The van der Waals surface area contributed by atoms with E-state index in [0.29, 0.717) is 18.0 Å². The monoisotopic (exact) mass is 418 g/mol. The summed E-state index contributed by atoms with van der Waals surface area (Å²) in [4.78, 5) is 5.21. The highest BCUT2D eigenvalue weighted by Gasteiger charge is 2.66. The van der Waals surface area contributed by atoms with Crippen LogP contribution in [0.5, 0.6) is 17.2 Å². The van der Waals surface area contributed by atoms with Crippen LogP contribution in [0.4, 0.5) is 5.69 Å². The standard InChI is InChI=1S/C26H30N2O3/c1-27-12-11-26-17-8-9-19(28-13-14-30-21-6-4-3-5-18(21)28)25(26)31-24-22(29-2)10-7-16(23(24)26)15-20(17)27/h3-7,10,17,19-20,25H,8-9,11-15H2,1-2H3/t17-,19+,20+,25-,26-/m0/s1. The lowest BCUT2D eigenvalue weighted by molar-refractivity contribution is -0.0529. The largest absolute Gasteiger partial charge is 0.493 e. The Morgan fingerprint density at radius 2 is 1.97 bits per heavy atom. The normalized spacial score (nSPS) is 35.0. The molecule has 0 amide bonds. The van der Waals surface area contributed by atoms with Gasteiger partial charge in [0.15, 0.2) is 11.5 Å². The van der Waals surface area contributed by atoms with Crippen molar-refractivity contribution in [2.75, 3.05) is 38.8 Å². The SMILES string of the molecule is COc1ccc2c3c1O[C@H]1[C@H](N4CCOc5ccccc54)CC[C@H]4[C@@H](C2)N(C)CC[C@@]341. The van der Waals surface area contributed by atoms with Crippen LogP contribution in [0.15, 0.2) is 36.4 Å². The maximum atomic E-state index is 6.99. The number of hydrogen-bond acceptors (Lipinski definition) is 5. The Balaban J connectivity index is 1.40. The number of anilines is 1. The molecule has 0 radical (unpaired) electrons. The Hall–Kier alpha value is -2.40. The van der Waals surface area contributed by atoms with Crippen molar-refractivity contribution in [1.29, 1.82) is 0 Å². The van der Waals surface area contributed by atoms with Crippen LogP contribution >= 0.6 is 0 Å². The van der Waals surface area contributed by atoms with E-state index in [2.05, 4.69) is 53.2 Å². The van der Waals surface area contributed by atoms with Crippen molar-refractivity contribution in [2.45, 2.75) is 49.3 Å². The van der Waals surface area contributed by atoms with Crippen molar-refractivity contribution in [1.82, 2.24) is 4.90 Å². The van der Waals surface area contributed by atoms with Gasteiger partial charge in [-0.05, 0) is 69.0 Å². The van der Waals surface area contributed by atoms with Gasteiger partial charge in [0.2, 0.25) is 0 Å². The smallest absolute Gasteiger partial charge is 0.165 e. The minimum Gasteiger partial charge on any atom is -0.493 e. The second kappa shape index (κ2) is 6.32. The summed E-state index contributed by atoms with van der Waals surface area (Å²) in [6, 6.07) is 13.9. The van der Waals surface area contributed by atoms with E-state index in [1.807, 2.05) is 0 Å². The zero-order valence-electron chi connectivity index (χ0n) is 18.3. The highest BCUT2D eigenvalue weighted by molar-refractivity contribution is 5.64. The molecule has 2 aliphatic carbocycles. The molecule has 0 unspecified atom stereocenters. The Morgan fingerprint density at radius 3 is 2.87 bits per heavy atom. The minimum atomic E-state index is 0.102. The lowest BCUT2D eigenvalue weighted by atomic mass is 9.51. The summed E-state index contributed by atoms with van der Waals surface area (Å²) >= 11 is 0. The minimum absolute atomic E-state index is 0.102. The first-order chi connectivity index (χ1) is 15.2. The van der Waals surface area contributed by atoms with Gasteiger partial charge >= 0.3 is 0 Å². The maximum absolute atomic E-state index is 6.99. The molecule has 162 valence electrons. The predicted molar refractivity (Wildman–Crippen MR) is 120 cm³/mol. The lowest BCUT2D eigenvalue weighted by Crippen LogP contribution is -2.68. The number of hydrogen-bond donors (Lipinski definition) is 0.